The van der Waals surface area contributed by atoms with E-state index < -0.39 is 11.6 Å². The number of nitrogens with zero attached hydrogens (tertiary/aromatic N) is 2. The molecule has 4 rings (SSSR count). The molecule has 1 aliphatic rings. The summed E-state index contributed by atoms with van der Waals surface area (Å²) in [5, 5.41) is 0.0854. The predicted octanol–water partition coefficient (Wildman–Crippen LogP) is 6.62. The number of piperidine rings is 1. The number of hydrogen-bond donors (Lipinski definition) is 0. The summed E-state index contributed by atoms with van der Waals surface area (Å²) < 4.78 is 44.1. The summed E-state index contributed by atoms with van der Waals surface area (Å²) >= 11 is 4.49. The van der Waals surface area contributed by atoms with Gasteiger partial charge < -0.3 is 4.90 Å². The number of hydrogen-bond acceptors (Lipinski definition) is 3. The molecule has 31 heavy (non-hydrogen) atoms. The lowest BCUT2D eigenvalue weighted by atomic mass is 9.78. The average Bonchev–Trinajstić information content (AvgIpc) is 3.15. The number of thiazole rings is 1. The van der Waals surface area contributed by atoms with E-state index in [4.69, 9.17) is 0 Å². The molecule has 162 valence electrons. The van der Waals surface area contributed by atoms with E-state index in [-0.39, 0.29) is 36.8 Å². The fraction of sp³-hybridized carbons (Fsp3) is 0.304. The quantitative estimate of drug-likeness (QED) is 0.398. The Labute approximate surface area is 191 Å². The molecule has 0 aliphatic carbocycles. The molecule has 3 nitrogen and oxygen atoms in total. The number of aromatic nitrogens is 1. The van der Waals surface area contributed by atoms with Crippen LogP contribution in [0.1, 0.15) is 33.9 Å². The second kappa shape index (κ2) is 8.39. The van der Waals surface area contributed by atoms with Crippen LogP contribution in [-0.4, -0.2) is 35.1 Å². The smallest absolute Gasteiger partial charge is 0.339 e. The van der Waals surface area contributed by atoms with Gasteiger partial charge in [0.1, 0.15) is 10.4 Å². The van der Waals surface area contributed by atoms with E-state index in [2.05, 4.69) is 20.9 Å². The molecule has 3 aromatic rings. The van der Waals surface area contributed by atoms with Crippen LogP contribution in [0.4, 0.5) is 13.2 Å². The standard InChI is InChI=1S/C23H20BrF3N2OS/c1-15-19(16-7-9-18(24)10-8-16)31-21(28-15)22(23(25,26)27)11-13-29(14-12-22)20(30)17-5-3-2-4-6-17/h2-10H,11-14H2,1H3. The Kier molecular flexibility index (Phi) is 5.96. The Bertz CT molecular complexity index is 1070. The summed E-state index contributed by atoms with van der Waals surface area (Å²) in [6, 6.07) is 16.1. The van der Waals surface area contributed by atoms with Crippen LogP contribution in [-0.2, 0) is 5.41 Å². The first-order chi connectivity index (χ1) is 14.7. The van der Waals surface area contributed by atoms with Crippen LogP contribution in [0, 0.1) is 6.92 Å². The molecule has 0 unspecified atom stereocenters. The van der Waals surface area contributed by atoms with Crippen molar-refractivity contribution in [1.82, 2.24) is 9.88 Å². The van der Waals surface area contributed by atoms with Crippen molar-refractivity contribution < 1.29 is 18.0 Å². The van der Waals surface area contributed by atoms with Gasteiger partial charge in [0.05, 0.1) is 10.6 Å². The van der Waals surface area contributed by atoms with E-state index in [0.29, 0.717) is 11.3 Å². The monoisotopic (exact) mass is 508 g/mol. The van der Waals surface area contributed by atoms with Crippen LogP contribution in [0.2, 0.25) is 0 Å². The van der Waals surface area contributed by atoms with Gasteiger partial charge in [-0.1, -0.05) is 46.3 Å². The number of amides is 1. The Hall–Kier alpha value is -2.19. The van der Waals surface area contributed by atoms with Gasteiger partial charge in [0.15, 0.2) is 0 Å². The first kappa shape index (κ1) is 22.0. The number of carbonyl (C=O) groups is 1. The summed E-state index contributed by atoms with van der Waals surface area (Å²) in [4.78, 5) is 19.3. The highest BCUT2D eigenvalue weighted by Crippen LogP contribution is 2.51. The number of rotatable bonds is 3. The number of carbonyl (C=O) groups excluding carboxylic acids is 1. The minimum Gasteiger partial charge on any atom is -0.339 e. The molecular weight excluding hydrogens is 489 g/mol. The van der Waals surface area contributed by atoms with E-state index in [0.717, 1.165) is 26.3 Å². The Balaban J connectivity index is 1.63. The third-order valence-corrected chi connectivity index (χ3v) is 7.72. The van der Waals surface area contributed by atoms with Crippen LogP contribution >= 0.6 is 27.3 Å². The molecule has 0 saturated carbocycles. The Morgan fingerprint density at radius 1 is 1.06 bits per heavy atom. The fourth-order valence-corrected chi connectivity index (χ4v) is 5.55. The summed E-state index contributed by atoms with van der Waals surface area (Å²) in [5.74, 6) is -0.234. The first-order valence-corrected chi connectivity index (χ1v) is 11.5. The maximum Gasteiger partial charge on any atom is 0.400 e. The van der Waals surface area contributed by atoms with E-state index in [1.54, 1.807) is 37.3 Å². The second-order valence-electron chi connectivity index (χ2n) is 7.68. The van der Waals surface area contributed by atoms with Gasteiger partial charge in [-0.25, -0.2) is 4.98 Å². The van der Waals surface area contributed by atoms with Gasteiger partial charge in [-0.15, -0.1) is 11.3 Å². The second-order valence-corrected chi connectivity index (χ2v) is 9.59. The maximum absolute atomic E-state index is 14.4. The fourth-order valence-electron chi connectivity index (χ4n) is 3.94. The van der Waals surface area contributed by atoms with Crippen LogP contribution in [0.5, 0.6) is 0 Å². The summed E-state index contributed by atoms with van der Waals surface area (Å²) in [7, 11) is 0. The van der Waals surface area contributed by atoms with E-state index in [9.17, 15) is 18.0 Å². The zero-order chi connectivity index (χ0) is 22.2. The molecule has 0 atom stereocenters. The van der Waals surface area contributed by atoms with Gasteiger partial charge in [0.2, 0.25) is 0 Å². The number of aryl methyl sites for hydroxylation is 1. The molecule has 8 heteroatoms. The minimum atomic E-state index is -4.45. The van der Waals surface area contributed by atoms with Gasteiger partial charge in [-0.2, -0.15) is 13.2 Å². The molecule has 1 aromatic heterocycles. The zero-order valence-electron chi connectivity index (χ0n) is 16.7. The topological polar surface area (TPSA) is 33.2 Å². The third-order valence-electron chi connectivity index (χ3n) is 5.78. The van der Waals surface area contributed by atoms with Crippen molar-refractivity contribution >= 4 is 33.2 Å². The summed E-state index contributed by atoms with van der Waals surface area (Å²) in [5.41, 5.74) is -0.111. The maximum atomic E-state index is 14.4. The minimum absolute atomic E-state index is 0.0412. The van der Waals surface area contributed by atoms with E-state index in [1.165, 1.54) is 4.90 Å². The predicted molar refractivity (Wildman–Crippen MR) is 119 cm³/mol. The lowest BCUT2D eigenvalue weighted by Crippen LogP contribution is -2.52. The van der Waals surface area contributed by atoms with Gasteiger partial charge >= 0.3 is 6.18 Å². The molecule has 0 radical (unpaired) electrons. The number of likely N-dealkylation sites (tertiary alicyclic amines) is 1. The normalized spacial score (nSPS) is 16.4. The van der Waals surface area contributed by atoms with Crippen LogP contribution in [0.25, 0.3) is 10.4 Å². The average molecular weight is 509 g/mol. The van der Waals surface area contributed by atoms with Crippen molar-refractivity contribution in [3.8, 4) is 10.4 Å². The van der Waals surface area contributed by atoms with Gasteiger partial charge in [-0.3, -0.25) is 4.79 Å². The highest BCUT2D eigenvalue weighted by atomic mass is 79.9. The molecule has 0 N–H and O–H groups in total. The molecule has 1 amide bonds. The van der Waals surface area contributed by atoms with Crippen molar-refractivity contribution in [1.29, 1.82) is 0 Å². The third kappa shape index (κ3) is 4.15. The summed E-state index contributed by atoms with van der Waals surface area (Å²) in [6.45, 7) is 1.83. The van der Waals surface area contributed by atoms with Crippen LogP contribution < -0.4 is 0 Å². The van der Waals surface area contributed by atoms with Crippen LogP contribution in [0.3, 0.4) is 0 Å². The lowest BCUT2D eigenvalue weighted by molar-refractivity contribution is -0.201. The molecule has 1 aliphatic heterocycles. The Morgan fingerprint density at radius 3 is 2.26 bits per heavy atom. The van der Waals surface area contributed by atoms with E-state index >= 15 is 0 Å². The molecule has 0 spiro atoms. The number of halogens is 4. The zero-order valence-corrected chi connectivity index (χ0v) is 19.1. The first-order valence-electron chi connectivity index (χ1n) is 9.86. The van der Waals surface area contributed by atoms with Crippen molar-refractivity contribution in [3.63, 3.8) is 0 Å². The largest absolute Gasteiger partial charge is 0.400 e. The molecular formula is C23H20BrF3N2OS. The van der Waals surface area contributed by atoms with Crippen molar-refractivity contribution in [2.24, 2.45) is 0 Å². The van der Waals surface area contributed by atoms with Gasteiger partial charge in [0.25, 0.3) is 5.91 Å². The van der Waals surface area contributed by atoms with E-state index in [1.807, 2.05) is 24.3 Å². The molecule has 1 saturated heterocycles. The molecule has 2 heterocycles. The molecule has 1 fully saturated rings. The van der Waals surface area contributed by atoms with Gasteiger partial charge in [0, 0.05) is 23.1 Å². The Morgan fingerprint density at radius 2 is 1.68 bits per heavy atom. The van der Waals surface area contributed by atoms with Gasteiger partial charge in [-0.05, 0) is 49.6 Å². The molecule has 0 bridgehead atoms. The summed E-state index contributed by atoms with van der Waals surface area (Å²) in [6.07, 6.45) is -4.83. The molecule has 2 aromatic carbocycles. The van der Waals surface area contributed by atoms with Crippen molar-refractivity contribution in [3.05, 3.63) is 75.3 Å². The van der Waals surface area contributed by atoms with Crippen molar-refractivity contribution in [2.45, 2.75) is 31.4 Å². The number of alkyl halides is 3. The SMILES string of the molecule is Cc1nc(C2(C(F)(F)F)CCN(C(=O)c3ccccc3)CC2)sc1-c1ccc(Br)cc1. The lowest BCUT2D eigenvalue weighted by Gasteiger charge is -2.41. The van der Waals surface area contributed by atoms with Crippen molar-refractivity contribution in [2.75, 3.05) is 13.1 Å². The highest BCUT2D eigenvalue weighted by molar-refractivity contribution is 9.10. The number of benzene rings is 2. The van der Waals surface area contributed by atoms with Crippen LogP contribution in [0.15, 0.2) is 59.1 Å². The highest BCUT2D eigenvalue weighted by Gasteiger charge is 2.59.